The lowest BCUT2D eigenvalue weighted by Gasteiger charge is -2.14. The molecule has 4 aromatic rings. The first kappa shape index (κ1) is 23.8. The number of nitrogens with zero attached hydrogens (tertiary/aromatic N) is 1. The summed E-state index contributed by atoms with van der Waals surface area (Å²) in [5.74, 6) is 0.145. The van der Waals surface area contributed by atoms with Gasteiger partial charge in [0, 0.05) is 26.2 Å². The number of amides is 2. The van der Waals surface area contributed by atoms with E-state index in [0.29, 0.717) is 37.0 Å². The molecule has 35 heavy (non-hydrogen) atoms. The number of ether oxygens (including phenoxy) is 1. The normalized spacial score (nSPS) is 14.8. The number of hydrogen-bond acceptors (Lipinski definition) is 4. The molecule has 4 nitrogen and oxygen atoms in total. The van der Waals surface area contributed by atoms with Gasteiger partial charge in [-0.1, -0.05) is 77.3 Å². The number of imide groups is 1. The van der Waals surface area contributed by atoms with Crippen molar-refractivity contribution in [3.63, 3.8) is 0 Å². The lowest BCUT2D eigenvalue weighted by molar-refractivity contribution is -0.113. The smallest absolute Gasteiger partial charge is 0.298 e. The number of benzene rings is 4. The zero-order valence-electron chi connectivity index (χ0n) is 18.0. The van der Waals surface area contributed by atoms with Gasteiger partial charge in [-0.25, -0.2) is 4.90 Å². The van der Waals surface area contributed by atoms with E-state index in [0.717, 1.165) is 33.0 Å². The average Bonchev–Trinajstić information content (AvgIpc) is 3.12. The molecule has 0 saturated carbocycles. The molecule has 1 fully saturated rings. The van der Waals surface area contributed by atoms with Crippen molar-refractivity contribution in [3.8, 4) is 5.75 Å². The first-order valence-corrected chi connectivity index (χ1v) is 12.5. The number of fused-ring (bicyclic) bond motifs is 1. The van der Waals surface area contributed by atoms with Crippen LogP contribution in [-0.2, 0) is 11.4 Å². The Labute approximate surface area is 221 Å². The van der Waals surface area contributed by atoms with Gasteiger partial charge in [0.2, 0.25) is 0 Å². The Hall–Kier alpha value is -2.96. The zero-order chi connectivity index (χ0) is 24.5. The van der Waals surface area contributed by atoms with Crippen molar-refractivity contribution in [1.82, 2.24) is 0 Å². The monoisotopic (exact) mass is 539 g/mol. The van der Waals surface area contributed by atoms with Crippen LogP contribution in [0.2, 0.25) is 15.1 Å². The predicted molar refractivity (Wildman–Crippen MR) is 145 cm³/mol. The van der Waals surface area contributed by atoms with E-state index in [2.05, 4.69) is 0 Å². The van der Waals surface area contributed by atoms with Crippen molar-refractivity contribution in [2.45, 2.75) is 6.61 Å². The van der Waals surface area contributed by atoms with Crippen molar-refractivity contribution in [1.29, 1.82) is 0 Å². The Morgan fingerprint density at radius 3 is 2.46 bits per heavy atom. The van der Waals surface area contributed by atoms with Gasteiger partial charge in [-0.05, 0) is 65.0 Å². The third-order valence-electron chi connectivity index (χ3n) is 5.46. The molecule has 2 amide bonds. The molecule has 0 aromatic heterocycles. The van der Waals surface area contributed by atoms with Crippen LogP contribution in [0, 0.1) is 0 Å². The fourth-order valence-corrected chi connectivity index (χ4v) is 5.25. The first-order chi connectivity index (χ1) is 16.9. The Morgan fingerprint density at radius 1 is 0.857 bits per heavy atom. The van der Waals surface area contributed by atoms with Crippen molar-refractivity contribution < 1.29 is 14.3 Å². The van der Waals surface area contributed by atoms with Crippen molar-refractivity contribution >= 4 is 80.2 Å². The van der Waals surface area contributed by atoms with Crippen LogP contribution >= 0.6 is 46.6 Å². The summed E-state index contributed by atoms with van der Waals surface area (Å²) in [4.78, 5) is 27.4. The molecule has 1 saturated heterocycles. The number of hydrogen-bond donors (Lipinski definition) is 0. The minimum absolute atomic E-state index is 0.208. The average molecular weight is 541 g/mol. The van der Waals surface area contributed by atoms with E-state index < -0.39 is 5.91 Å². The molecule has 0 radical (unpaired) electrons. The highest BCUT2D eigenvalue weighted by Gasteiger charge is 2.36. The standard InChI is InChI=1S/C27H16Cl3NO3S/c28-18-5-3-6-20(12-18)31-26(32)25(35-27(31)33)14-22-21-7-2-1-4-16(21)9-11-24(22)34-15-17-8-10-19(29)13-23(17)30/h1-14H,15H2/b25-14+. The van der Waals surface area contributed by atoms with Crippen LogP contribution < -0.4 is 9.64 Å². The third-order valence-corrected chi connectivity index (χ3v) is 7.16. The molecule has 1 aliphatic rings. The fourth-order valence-electron chi connectivity index (χ4n) is 3.78. The summed E-state index contributed by atoms with van der Waals surface area (Å²) >= 11 is 19.3. The fraction of sp³-hybridized carbons (Fsp3) is 0.0370. The molecule has 0 unspecified atom stereocenters. The minimum atomic E-state index is -0.415. The van der Waals surface area contributed by atoms with Gasteiger partial charge in [-0.15, -0.1) is 0 Å². The van der Waals surface area contributed by atoms with Gasteiger partial charge in [-0.3, -0.25) is 9.59 Å². The number of rotatable bonds is 5. The van der Waals surface area contributed by atoms with Crippen LogP contribution in [0.25, 0.3) is 16.8 Å². The maximum atomic E-state index is 13.2. The largest absolute Gasteiger partial charge is 0.488 e. The first-order valence-electron chi connectivity index (χ1n) is 10.5. The van der Waals surface area contributed by atoms with E-state index in [9.17, 15) is 9.59 Å². The Balaban J connectivity index is 1.53. The Kier molecular flexibility index (Phi) is 6.76. The number of carbonyl (C=O) groups excluding carboxylic acids is 2. The molecule has 8 heteroatoms. The second-order valence-corrected chi connectivity index (χ2v) is 9.99. The summed E-state index contributed by atoms with van der Waals surface area (Å²) < 4.78 is 6.14. The Morgan fingerprint density at radius 2 is 1.66 bits per heavy atom. The van der Waals surface area contributed by atoms with E-state index in [-0.39, 0.29) is 11.8 Å². The summed E-state index contributed by atoms with van der Waals surface area (Å²) in [7, 11) is 0. The molecule has 0 N–H and O–H groups in total. The van der Waals surface area contributed by atoms with Gasteiger partial charge in [0.25, 0.3) is 11.1 Å². The predicted octanol–water partition coefficient (Wildman–Crippen LogP) is 8.62. The van der Waals surface area contributed by atoms with E-state index in [1.54, 1.807) is 42.5 Å². The van der Waals surface area contributed by atoms with Crippen molar-refractivity contribution in [3.05, 3.63) is 110 Å². The molecular weight excluding hydrogens is 525 g/mol. The summed E-state index contributed by atoms with van der Waals surface area (Å²) in [6.07, 6.45) is 1.70. The quantitative estimate of drug-likeness (QED) is 0.238. The lowest BCUT2D eigenvalue weighted by Crippen LogP contribution is -2.27. The van der Waals surface area contributed by atoms with Crippen LogP contribution in [0.5, 0.6) is 5.75 Å². The Bertz CT molecular complexity index is 1520. The van der Waals surface area contributed by atoms with Gasteiger partial charge in [0.05, 0.1) is 10.6 Å². The zero-order valence-corrected chi connectivity index (χ0v) is 21.1. The minimum Gasteiger partial charge on any atom is -0.488 e. The number of carbonyl (C=O) groups is 2. The SMILES string of the molecule is O=C1S/C(=C/c2c(OCc3ccc(Cl)cc3Cl)ccc3ccccc23)C(=O)N1c1cccc(Cl)c1. The topological polar surface area (TPSA) is 46.6 Å². The van der Waals surface area contributed by atoms with Gasteiger partial charge in [0.1, 0.15) is 12.4 Å². The molecule has 174 valence electrons. The van der Waals surface area contributed by atoms with Crippen LogP contribution in [-0.4, -0.2) is 11.1 Å². The summed E-state index contributed by atoms with van der Waals surface area (Å²) in [6.45, 7) is 0.208. The maximum absolute atomic E-state index is 13.2. The van der Waals surface area contributed by atoms with Gasteiger partial charge < -0.3 is 4.74 Å². The summed E-state index contributed by atoms with van der Waals surface area (Å²) in [5, 5.41) is 2.96. The van der Waals surface area contributed by atoms with Gasteiger partial charge >= 0.3 is 0 Å². The van der Waals surface area contributed by atoms with Gasteiger partial charge in [0.15, 0.2) is 0 Å². The molecule has 1 heterocycles. The number of anilines is 1. The third kappa shape index (κ3) is 4.91. The highest BCUT2D eigenvalue weighted by molar-refractivity contribution is 8.19. The number of halogens is 3. The van der Waals surface area contributed by atoms with Crippen molar-refractivity contribution in [2.75, 3.05) is 4.90 Å². The molecule has 5 rings (SSSR count). The van der Waals surface area contributed by atoms with Crippen LogP contribution in [0.3, 0.4) is 0 Å². The summed E-state index contributed by atoms with van der Waals surface area (Å²) in [6, 6.07) is 23.4. The van der Waals surface area contributed by atoms with E-state index >= 15 is 0 Å². The van der Waals surface area contributed by atoms with E-state index in [4.69, 9.17) is 39.5 Å². The molecule has 0 bridgehead atoms. The maximum Gasteiger partial charge on any atom is 0.298 e. The molecule has 0 aliphatic carbocycles. The second kappa shape index (κ2) is 9.96. The highest BCUT2D eigenvalue weighted by Crippen LogP contribution is 2.39. The summed E-state index contributed by atoms with van der Waals surface area (Å²) in [5.41, 5.74) is 1.90. The van der Waals surface area contributed by atoms with Crippen LogP contribution in [0.15, 0.2) is 83.8 Å². The molecular formula is C27H16Cl3NO3S. The molecule has 4 aromatic carbocycles. The van der Waals surface area contributed by atoms with Crippen molar-refractivity contribution in [2.24, 2.45) is 0 Å². The van der Waals surface area contributed by atoms with Crippen LogP contribution in [0.4, 0.5) is 10.5 Å². The van der Waals surface area contributed by atoms with Gasteiger partial charge in [-0.2, -0.15) is 0 Å². The van der Waals surface area contributed by atoms with E-state index in [1.165, 1.54) is 0 Å². The molecule has 0 spiro atoms. The second-order valence-electron chi connectivity index (χ2n) is 7.72. The van der Waals surface area contributed by atoms with E-state index in [1.807, 2.05) is 42.5 Å². The molecule has 1 aliphatic heterocycles. The lowest BCUT2D eigenvalue weighted by atomic mass is 10.0. The number of thioether (sulfide) groups is 1. The highest BCUT2D eigenvalue weighted by atomic mass is 35.5. The molecule has 0 atom stereocenters. The van der Waals surface area contributed by atoms with Crippen LogP contribution in [0.1, 0.15) is 11.1 Å².